The molecule has 0 amide bonds. The molecule has 0 heterocycles. The molecule has 0 saturated heterocycles. The molecule has 3 N–H and O–H groups in total. The minimum absolute atomic E-state index is 0. The normalized spacial score (nSPS) is 14.6. The van der Waals surface area contributed by atoms with E-state index < -0.39 is 10.0 Å². The number of rotatable bonds is 12. The number of nitrogens with one attached hydrogen (secondary N) is 3. The lowest BCUT2D eigenvalue weighted by atomic mass is 10.1. The molecule has 1 aliphatic rings. The highest BCUT2D eigenvalue weighted by atomic mass is 127. The molecule has 0 radical (unpaired) electrons. The summed E-state index contributed by atoms with van der Waals surface area (Å²) in [5.41, 5.74) is 1.72. The minimum atomic E-state index is -3.36. The number of guanidine groups is 1. The first-order valence-electron chi connectivity index (χ1n) is 9.98. The van der Waals surface area contributed by atoms with Crippen molar-refractivity contribution in [2.24, 2.45) is 10.9 Å². The fraction of sp³-hybridized carbons (Fsp3) is 0.650. The van der Waals surface area contributed by atoms with Gasteiger partial charge in [-0.1, -0.05) is 24.3 Å². The maximum absolute atomic E-state index is 12.3. The monoisotopic (exact) mass is 538 g/mol. The van der Waals surface area contributed by atoms with Gasteiger partial charge in [-0.05, 0) is 50.2 Å². The van der Waals surface area contributed by atoms with Gasteiger partial charge < -0.3 is 15.4 Å². The second-order valence-electron chi connectivity index (χ2n) is 7.52. The van der Waals surface area contributed by atoms with Gasteiger partial charge in [-0.15, -0.1) is 24.0 Å². The van der Waals surface area contributed by atoms with Gasteiger partial charge in [0.15, 0.2) is 5.96 Å². The molecule has 0 aromatic heterocycles. The first-order chi connectivity index (χ1) is 13.4. The highest BCUT2D eigenvalue weighted by molar-refractivity contribution is 14.0. The quantitative estimate of drug-likeness (QED) is 0.165. The Labute approximate surface area is 192 Å². The van der Waals surface area contributed by atoms with Crippen LogP contribution in [0.25, 0.3) is 0 Å². The summed E-state index contributed by atoms with van der Waals surface area (Å²) >= 11 is 0. The summed E-state index contributed by atoms with van der Waals surface area (Å²) in [5, 5.41) is 6.52. The van der Waals surface area contributed by atoms with Crippen LogP contribution >= 0.6 is 24.0 Å². The summed E-state index contributed by atoms with van der Waals surface area (Å²) in [6.07, 6.45) is 3.54. The van der Waals surface area contributed by atoms with E-state index in [2.05, 4.69) is 20.3 Å². The predicted octanol–water partition coefficient (Wildman–Crippen LogP) is 2.61. The van der Waals surface area contributed by atoms with Gasteiger partial charge in [0.05, 0.1) is 5.75 Å². The van der Waals surface area contributed by atoms with Crippen LogP contribution in [0.15, 0.2) is 29.3 Å². The van der Waals surface area contributed by atoms with Crippen LogP contribution in [-0.4, -0.2) is 47.2 Å². The number of nitrogens with zero attached hydrogens (tertiary/aromatic N) is 1. The maximum Gasteiger partial charge on any atom is 0.216 e. The molecule has 1 aromatic carbocycles. The summed E-state index contributed by atoms with van der Waals surface area (Å²) in [7, 11) is -1.64. The summed E-state index contributed by atoms with van der Waals surface area (Å²) in [5.74, 6) is 1.45. The molecule has 0 atom stereocenters. The van der Waals surface area contributed by atoms with Crippen LogP contribution in [0, 0.1) is 5.92 Å². The molecule has 29 heavy (non-hydrogen) atoms. The lowest BCUT2D eigenvalue weighted by Crippen LogP contribution is -2.38. The molecule has 0 unspecified atom stereocenters. The topological polar surface area (TPSA) is 91.8 Å². The zero-order chi connectivity index (χ0) is 20.4. The Kier molecular flexibility index (Phi) is 12.1. The Bertz CT molecular complexity index is 737. The predicted molar refractivity (Wildman–Crippen MR) is 129 cm³/mol. The lowest BCUT2D eigenvalue weighted by Gasteiger charge is -2.15. The summed E-state index contributed by atoms with van der Waals surface area (Å²) in [6, 6.07) is 7.44. The highest BCUT2D eigenvalue weighted by Gasteiger charge is 2.20. The van der Waals surface area contributed by atoms with Crippen LogP contribution in [-0.2, 0) is 27.1 Å². The molecule has 1 fully saturated rings. The van der Waals surface area contributed by atoms with Crippen molar-refractivity contribution in [3.63, 3.8) is 0 Å². The summed E-state index contributed by atoms with van der Waals surface area (Å²) < 4.78 is 32.8. The number of hydrogen-bond acceptors (Lipinski definition) is 4. The maximum atomic E-state index is 12.3. The van der Waals surface area contributed by atoms with Crippen LogP contribution in [0.2, 0.25) is 0 Å². The molecule has 1 saturated carbocycles. The van der Waals surface area contributed by atoms with Gasteiger partial charge in [-0.25, -0.2) is 13.1 Å². The van der Waals surface area contributed by atoms with Crippen molar-refractivity contribution in [1.82, 2.24) is 15.4 Å². The molecule has 1 aliphatic carbocycles. The van der Waals surface area contributed by atoms with Gasteiger partial charge >= 0.3 is 0 Å². The van der Waals surface area contributed by atoms with Crippen molar-refractivity contribution in [1.29, 1.82) is 0 Å². The number of hydrogen-bond donors (Lipinski definition) is 3. The molecular formula is C20H35IN4O3S. The third-order valence-corrected chi connectivity index (χ3v) is 5.88. The average molecular weight is 538 g/mol. The molecule has 166 valence electrons. The molecular weight excluding hydrogens is 503 g/mol. The third kappa shape index (κ3) is 11.2. The van der Waals surface area contributed by atoms with Crippen LogP contribution in [0.1, 0.15) is 44.2 Å². The number of ether oxygens (including phenoxy) is 1. The molecule has 1 aromatic rings. The van der Waals surface area contributed by atoms with Crippen LogP contribution in [0.5, 0.6) is 0 Å². The molecule has 0 aliphatic heterocycles. The van der Waals surface area contributed by atoms with E-state index in [-0.39, 0.29) is 35.8 Å². The van der Waals surface area contributed by atoms with Crippen molar-refractivity contribution in [3.05, 3.63) is 35.4 Å². The minimum Gasteiger partial charge on any atom is -0.381 e. The van der Waals surface area contributed by atoms with E-state index in [9.17, 15) is 8.42 Å². The molecule has 7 nitrogen and oxygen atoms in total. The number of halogens is 1. The van der Waals surface area contributed by atoms with Gasteiger partial charge in [-0.2, -0.15) is 0 Å². The Morgan fingerprint density at radius 2 is 1.90 bits per heavy atom. The van der Waals surface area contributed by atoms with Crippen molar-refractivity contribution >= 4 is 40.0 Å². The van der Waals surface area contributed by atoms with Gasteiger partial charge in [0.2, 0.25) is 10.0 Å². The fourth-order valence-corrected chi connectivity index (χ4v) is 4.28. The van der Waals surface area contributed by atoms with Crippen molar-refractivity contribution in [2.75, 3.05) is 26.8 Å². The number of aliphatic imine (C=N–C) groups is 1. The second-order valence-corrected chi connectivity index (χ2v) is 9.28. The Hall–Kier alpha value is -0.910. The highest BCUT2D eigenvalue weighted by Crippen LogP contribution is 2.28. The average Bonchev–Trinajstić information content (AvgIpc) is 3.44. The van der Waals surface area contributed by atoms with Crippen molar-refractivity contribution in [3.8, 4) is 0 Å². The van der Waals surface area contributed by atoms with E-state index in [0.717, 1.165) is 43.2 Å². The summed E-state index contributed by atoms with van der Waals surface area (Å²) in [4.78, 5) is 4.23. The van der Waals surface area contributed by atoms with Crippen molar-refractivity contribution in [2.45, 2.75) is 51.4 Å². The smallest absolute Gasteiger partial charge is 0.216 e. The van der Waals surface area contributed by atoms with E-state index in [1.165, 1.54) is 12.8 Å². The number of sulfonamides is 1. The van der Waals surface area contributed by atoms with Gasteiger partial charge in [0, 0.05) is 39.4 Å². The van der Waals surface area contributed by atoms with Crippen molar-refractivity contribution < 1.29 is 13.2 Å². The lowest BCUT2D eigenvalue weighted by molar-refractivity contribution is 0.123. The fourth-order valence-electron chi connectivity index (χ4n) is 2.79. The van der Waals surface area contributed by atoms with Gasteiger partial charge in [0.1, 0.15) is 0 Å². The molecule has 9 heteroatoms. The Morgan fingerprint density at radius 1 is 1.21 bits per heavy atom. The first kappa shape index (κ1) is 26.1. The van der Waals surface area contributed by atoms with E-state index in [0.29, 0.717) is 12.5 Å². The number of benzene rings is 1. The van der Waals surface area contributed by atoms with Crippen LogP contribution < -0.4 is 15.4 Å². The van der Waals surface area contributed by atoms with Crippen LogP contribution in [0.4, 0.5) is 0 Å². The zero-order valence-corrected chi connectivity index (χ0v) is 20.8. The zero-order valence-electron chi connectivity index (χ0n) is 17.6. The Morgan fingerprint density at radius 3 is 2.52 bits per heavy atom. The Balaban J connectivity index is 0.00000420. The third-order valence-electron chi connectivity index (χ3n) is 4.36. The largest absolute Gasteiger partial charge is 0.381 e. The van der Waals surface area contributed by atoms with E-state index in [4.69, 9.17) is 4.74 Å². The van der Waals surface area contributed by atoms with E-state index in [1.807, 2.05) is 38.1 Å². The standard InChI is InChI=1S/C20H34N4O3S.HI/c1-16(2)24-28(25,26)15-19-8-5-4-7-18(19)13-23-20(21-3)22-11-6-12-27-14-17-9-10-17;/h4-5,7-8,16-17,24H,6,9-15H2,1-3H3,(H2,21,22,23);1H. The van der Waals surface area contributed by atoms with Gasteiger partial charge in [-0.3, -0.25) is 4.99 Å². The molecule has 0 spiro atoms. The molecule has 2 rings (SSSR count). The van der Waals surface area contributed by atoms with Crippen LogP contribution in [0.3, 0.4) is 0 Å². The SMILES string of the molecule is CN=C(NCCCOCC1CC1)NCc1ccccc1CS(=O)(=O)NC(C)C.I. The van der Waals surface area contributed by atoms with E-state index >= 15 is 0 Å². The first-order valence-corrected chi connectivity index (χ1v) is 11.6. The molecule has 0 bridgehead atoms. The summed E-state index contributed by atoms with van der Waals surface area (Å²) in [6.45, 7) is 6.56. The van der Waals surface area contributed by atoms with E-state index in [1.54, 1.807) is 7.05 Å². The second kappa shape index (κ2) is 13.4. The van der Waals surface area contributed by atoms with Gasteiger partial charge in [0.25, 0.3) is 0 Å².